The Morgan fingerprint density at radius 3 is 2.00 bits per heavy atom. The second kappa shape index (κ2) is 14.9. The number of carbonyl (C=O) groups is 3. The highest BCUT2D eigenvalue weighted by atomic mass is 28.4. The monoisotopic (exact) mass is 531 g/mol. The number of hydrogen-bond acceptors (Lipinski definition) is 7. The molecule has 0 aliphatic carbocycles. The van der Waals surface area contributed by atoms with Gasteiger partial charge in [0.05, 0.1) is 19.3 Å². The molecule has 0 spiro atoms. The molecule has 212 valence electrons. The molecular formula is C26H53N3O6Si. The van der Waals surface area contributed by atoms with Crippen LogP contribution in [0, 0.1) is 5.92 Å². The summed E-state index contributed by atoms with van der Waals surface area (Å²) in [6.45, 7) is 22.8. The number of carbonyl (C=O) groups excluding carboxylic acids is 3. The molecule has 0 saturated heterocycles. The van der Waals surface area contributed by atoms with E-state index < -0.39 is 26.1 Å². The quantitative estimate of drug-likeness (QED) is 0.173. The van der Waals surface area contributed by atoms with E-state index in [1.807, 2.05) is 41.5 Å². The van der Waals surface area contributed by atoms with Crippen molar-refractivity contribution in [2.24, 2.45) is 5.92 Å². The highest BCUT2D eigenvalue weighted by molar-refractivity contribution is 6.74. The van der Waals surface area contributed by atoms with Crippen molar-refractivity contribution in [1.29, 1.82) is 0 Å². The molecule has 0 bridgehead atoms. The van der Waals surface area contributed by atoms with Crippen molar-refractivity contribution in [3.8, 4) is 0 Å². The minimum Gasteiger partial charge on any atom is -0.468 e. The van der Waals surface area contributed by atoms with Crippen LogP contribution in [0.3, 0.4) is 0 Å². The van der Waals surface area contributed by atoms with Gasteiger partial charge in [0.15, 0.2) is 8.32 Å². The molecule has 3 N–H and O–H groups in total. The van der Waals surface area contributed by atoms with Gasteiger partial charge in [-0.2, -0.15) is 0 Å². The van der Waals surface area contributed by atoms with E-state index in [1.165, 1.54) is 7.11 Å². The van der Waals surface area contributed by atoms with E-state index in [-0.39, 0.29) is 35.0 Å². The Kier molecular flexibility index (Phi) is 14.2. The maximum absolute atomic E-state index is 12.5. The third-order valence-corrected chi connectivity index (χ3v) is 10.9. The van der Waals surface area contributed by atoms with Crippen LogP contribution < -0.4 is 16.0 Å². The van der Waals surface area contributed by atoms with Crippen LogP contribution in [0.25, 0.3) is 0 Å². The van der Waals surface area contributed by atoms with E-state index >= 15 is 0 Å². The van der Waals surface area contributed by atoms with Gasteiger partial charge in [-0.05, 0) is 65.1 Å². The third kappa shape index (κ3) is 13.6. The smallest absolute Gasteiger partial charge is 0.407 e. The molecule has 0 aromatic heterocycles. The second-order valence-corrected chi connectivity index (χ2v) is 17.0. The zero-order chi connectivity index (χ0) is 28.3. The van der Waals surface area contributed by atoms with Crippen LogP contribution in [0.5, 0.6) is 0 Å². The highest BCUT2D eigenvalue weighted by Crippen LogP contribution is 2.37. The predicted octanol–water partition coefficient (Wildman–Crippen LogP) is 4.36. The molecule has 0 aliphatic heterocycles. The Hall–Kier alpha value is -1.65. The summed E-state index contributed by atoms with van der Waals surface area (Å²) in [6, 6.07) is -0.843. The Bertz CT molecular complexity index is 701. The lowest BCUT2D eigenvalue weighted by Gasteiger charge is -2.40. The van der Waals surface area contributed by atoms with Crippen molar-refractivity contribution in [3.05, 3.63) is 0 Å². The number of hydrogen-bond donors (Lipinski definition) is 3. The summed E-state index contributed by atoms with van der Waals surface area (Å²) in [6.07, 6.45) is 1.22. The molecule has 10 heteroatoms. The summed E-state index contributed by atoms with van der Waals surface area (Å²) >= 11 is 0. The maximum Gasteiger partial charge on any atom is 0.407 e. The van der Waals surface area contributed by atoms with Gasteiger partial charge in [0.1, 0.15) is 11.6 Å². The molecule has 9 nitrogen and oxygen atoms in total. The van der Waals surface area contributed by atoms with Gasteiger partial charge in [0.2, 0.25) is 5.91 Å². The first kappa shape index (κ1) is 34.3. The molecule has 0 fully saturated rings. The molecule has 36 heavy (non-hydrogen) atoms. The normalized spacial score (nSPS) is 15.1. The van der Waals surface area contributed by atoms with Gasteiger partial charge >= 0.3 is 12.1 Å². The first-order valence-corrected chi connectivity index (χ1v) is 16.0. The molecule has 0 saturated carbocycles. The Labute approximate surface area is 220 Å². The van der Waals surface area contributed by atoms with Gasteiger partial charge in [-0.3, -0.25) is 9.59 Å². The van der Waals surface area contributed by atoms with Gasteiger partial charge < -0.3 is 29.9 Å². The number of alkyl carbamates (subject to hydrolysis) is 1. The number of esters is 1. The highest BCUT2D eigenvalue weighted by Gasteiger charge is 2.40. The molecule has 0 aromatic rings. The van der Waals surface area contributed by atoms with E-state index in [1.54, 1.807) is 0 Å². The molecule has 2 amide bonds. The minimum atomic E-state index is -2.06. The average Bonchev–Trinajstić information content (AvgIpc) is 2.71. The standard InChI is InChI=1S/C26H53N3O6Si/c1-18(2)22(30)29-21(19(3)35-36(11,12)26(7,8)9)17-28-20(23(31)33-10)15-13-14-16-27-24(32)34-25(4,5)6/h18-21,28H,13-17H2,1-12H3,(H,27,32)(H,29,30)/t19-,20+,21+/m1/s1. The van der Waals surface area contributed by atoms with Crippen molar-refractivity contribution in [2.75, 3.05) is 20.2 Å². The molecule has 0 heterocycles. The fraction of sp³-hybridized carbons (Fsp3) is 0.885. The summed E-state index contributed by atoms with van der Waals surface area (Å²) in [4.78, 5) is 36.7. The number of amides is 2. The lowest BCUT2D eigenvalue weighted by molar-refractivity contribution is -0.143. The van der Waals surface area contributed by atoms with Crippen LogP contribution in [-0.4, -0.2) is 70.3 Å². The predicted molar refractivity (Wildman–Crippen MR) is 146 cm³/mol. The summed E-state index contributed by atoms with van der Waals surface area (Å²) in [5.41, 5.74) is -0.545. The fourth-order valence-electron chi connectivity index (χ4n) is 3.10. The minimum absolute atomic E-state index is 0.0309. The average molecular weight is 532 g/mol. The maximum atomic E-state index is 12.5. The van der Waals surface area contributed by atoms with Crippen molar-refractivity contribution in [2.45, 2.75) is 123 Å². The molecule has 0 rings (SSSR count). The Morgan fingerprint density at radius 2 is 1.53 bits per heavy atom. The first-order valence-electron chi connectivity index (χ1n) is 13.1. The van der Waals surface area contributed by atoms with Crippen LogP contribution in [0.1, 0.15) is 81.6 Å². The van der Waals surface area contributed by atoms with Gasteiger partial charge in [-0.15, -0.1) is 0 Å². The van der Waals surface area contributed by atoms with E-state index in [2.05, 4.69) is 49.8 Å². The topological polar surface area (TPSA) is 115 Å². The van der Waals surface area contributed by atoms with E-state index in [9.17, 15) is 14.4 Å². The van der Waals surface area contributed by atoms with E-state index in [4.69, 9.17) is 13.9 Å². The van der Waals surface area contributed by atoms with Crippen molar-refractivity contribution < 1.29 is 28.3 Å². The molecule has 0 radical (unpaired) electrons. The van der Waals surface area contributed by atoms with Crippen LogP contribution in [-0.2, 0) is 23.5 Å². The molecular weight excluding hydrogens is 478 g/mol. The molecule has 0 unspecified atom stereocenters. The molecule has 0 aliphatic rings. The fourth-order valence-corrected chi connectivity index (χ4v) is 4.55. The van der Waals surface area contributed by atoms with Crippen LogP contribution in [0.2, 0.25) is 18.1 Å². The second-order valence-electron chi connectivity index (χ2n) is 12.3. The summed E-state index contributed by atoms with van der Waals surface area (Å²) in [5, 5.41) is 9.14. The van der Waals surface area contributed by atoms with Gasteiger partial charge in [-0.1, -0.05) is 34.6 Å². The first-order chi connectivity index (χ1) is 16.3. The molecule has 3 atom stereocenters. The van der Waals surface area contributed by atoms with Gasteiger partial charge in [-0.25, -0.2) is 4.79 Å². The van der Waals surface area contributed by atoms with E-state index in [0.717, 1.165) is 0 Å². The number of rotatable bonds is 14. The van der Waals surface area contributed by atoms with Crippen molar-refractivity contribution >= 4 is 26.3 Å². The van der Waals surface area contributed by atoms with Crippen molar-refractivity contribution in [3.63, 3.8) is 0 Å². The van der Waals surface area contributed by atoms with Crippen LogP contribution in [0.4, 0.5) is 4.79 Å². The lowest BCUT2D eigenvalue weighted by Crippen LogP contribution is -2.56. The third-order valence-electron chi connectivity index (χ3n) is 6.36. The number of ether oxygens (including phenoxy) is 2. The zero-order valence-electron chi connectivity index (χ0n) is 24.8. The summed E-state index contributed by atoms with van der Waals surface area (Å²) in [7, 11) is -0.701. The largest absolute Gasteiger partial charge is 0.468 e. The van der Waals surface area contributed by atoms with Crippen LogP contribution >= 0.6 is 0 Å². The number of methoxy groups -OCH3 is 1. The zero-order valence-corrected chi connectivity index (χ0v) is 25.8. The van der Waals surface area contributed by atoms with E-state index in [0.29, 0.717) is 32.4 Å². The van der Waals surface area contributed by atoms with Gasteiger partial charge in [0.25, 0.3) is 0 Å². The Morgan fingerprint density at radius 1 is 0.944 bits per heavy atom. The SMILES string of the molecule is COC(=O)[C@H](CCCCNC(=O)OC(C)(C)C)NC[C@H](NC(=O)C(C)C)[C@@H](C)O[Si](C)(C)C(C)(C)C. The molecule has 0 aromatic carbocycles. The summed E-state index contributed by atoms with van der Waals surface area (Å²) < 4.78 is 16.8. The van der Waals surface area contributed by atoms with Gasteiger partial charge in [0, 0.05) is 19.0 Å². The number of unbranched alkanes of at least 4 members (excludes halogenated alkanes) is 1. The lowest BCUT2D eigenvalue weighted by atomic mass is 10.1. The van der Waals surface area contributed by atoms with Crippen molar-refractivity contribution in [1.82, 2.24) is 16.0 Å². The Balaban J connectivity index is 5.11. The summed E-state index contributed by atoms with van der Waals surface area (Å²) in [5.74, 6) is -0.584. The van der Waals surface area contributed by atoms with Crippen LogP contribution in [0.15, 0.2) is 0 Å². The number of nitrogens with one attached hydrogen (secondary N) is 3.